The summed E-state index contributed by atoms with van der Waals surface area (Å²) in [6.07, 6.45) is 1.92. The zero-order valence-corrected chi connectivity index (χ0v) is 15.1. The van der Waals surface area contributed by atoms with Crippen LogP contribution in [-0.4, -0.2) is 18.4 Å². The van der Waals surface area contributed by atoms with Gasteiger partial charge in [-0.05, 0) is 48.9 Å². The lowest BCUT2D eigenvalue weighted by atomic mass is 10.2. The standard InChI is InChI=1S/C19H21FN2O2S/c1-3-4-11-21-19(24)14-5-10-18(17(12-14)22-13(2)23)25-16-8-6-15(20)7-9-16/h5-10,12H,3-4,11H2,1-2H3,(H,21,24)(H,22,23). The van der Waals surface area contributed by atoms with Crippen molar-refractivity contribution < 1.29 is 14.0 Å². The number of benzene rings is 2. The number of amides is 2. The molecule has 132 valence electrons. The van der Waals surface area contributed by atoms with Gasteiger partial charge in [0.15, 0.2) is 0 Å². The summed E-state index contributed by atoms with van der Waals surface area (Å²) >= 11 is 1.39. The summed E-state index contributed by atoms with van der Waals surface area (Å²) < 4.78 is 13.0. The van der Waals surface area contributed by atoms with Crippen LogP contribution < -0.4 is 10.6 Å². The monoisotopic (exact) mass is 360 g/mol. The van der Waals surface area contributed by atoms with Crippen LogP contribution >= 0.6 is 11.8 Å². The third-order valence-electron chi connectivity index (χ3n) is 3.41. The summed E-state index contributed by atoms with van der Waals surface area (Å²) in [6.45, 7) is 4.10. The van der Waals surface area contributed by atoms with Gasteiger partial charge in [-0.25, -0.2) is 4.39 Å². The Kier molecular flexibility index (Phi) is 7.01. The van der Waals surface area contributed by atoms with Gasteiger partial charge in [-0.1, -0.05) is 25.1 Å². The van der Waals surface area contributed by atoms with Crippen molar-refractivity contribution >= 4 is 29.3 Å². The van der Waals surface area contributed by atoms with E-state index in [0.717, 1.165) is 22.6 Å². The molecule has 0 aliphatic heterocycles. The summed E-state index contributed by atoms with van der Waals surface area (Å²) in [5, 5.41) is 5.61. The van der Waals surface area contributed by atoms with Crippen molar-refractivity contribution in [1.29, 1.82) is 0 Å². The molecule has 6 heteroatoms. The van der Waals surface area contributed by atoms with Crippen LogP contribution in [0.25, 0.3) is 0 Å². The van der Waals surface area contributed by atoms with Crippen molar-refractivity contribution in [1.82, 2.24) is 5.32 Å². The molecule has 0 saturated heterocycles. The lowest BCUT2D eigenvalue weighted by Gasteiger charge is -2.12. The molecule has 0 atom stereocenters. The van der Waals surface area contributed by atoms with Gasteiger partial charge >= 0.3 is 0 Å². The molecule has 0 unspecified atom stereocenters. The summed E-state index contributed by atoms with van der Waals surface area (Å²) in [4.78, 5) is 25.3. The molecule has 0 aliphatic rings. The summed E-state index contributed by atoms with van der Waals surface area (Å²) in [5.74, 6) is -0.687. The summed E-state index contributed by atoms with van der Waals surface area (Å²) in [7, 11) is 0. The number of anilines is 1. The first kappa shape index (κ1) is 19.0. The Hall–Kier alpha value is -2.34. The van der Waals surface area contributed by atoms with Crippen LogP contribution in [-0.2, 0) is 4.79 Å². The summed E-state index contributed by atoms with van der Waals surface area (Å²) in [6, 6.07) is 11.3. The van der Waals surface area contributed by atoms with Gasteiger partial charge < -0.3 is 10.6 Å². The molecule has 25 heavy (non-hydrogen) atoms. The molecule has 2 aromatic rings. The zero-order chi connectivity index (χ0) is 18.2. The second-order valence-electron chi connectivity index (χ2n) is 5.56. The van der Waals surface area contributed by atoms with Crippen molar-refractivity contribution in [2.75, 3.05) is 11.9 Å². The van der Waals surface area contributed by atoms with Crippen molar-refractivity contribution in [2.45, 2.75) is 36.5 Å². The average molecular weight is 360 g/mol. The maximum absolute atomic E-state index is 13.0. The maximum atomic E-state index is 13.0. The van der Waals surface area contributed by atoms with Gasteiger partial charge in [0.1, 0.15) is 5.82 Å². The Morgan fingerprint density at radius 1 is 1.12 bits per heavy atom. The predicted molar refractivity (Wildman–Crippen MR) is 98.5 cm³/mol. The highest BCUT2D eigenvalue weighted by Crippen LogP contribution is 2.34. The molecule has 0 aliphatic carbocycles. The first-order valence-electron chi connectivity index (χ1n) is 8.13. The molecule has 0 fully saturated rings. The largest absolute Gasteiger partial charge is 0.352 e. The van der Waals surface area contributed by atoms with Crippen LogP contribution in [0.2, 0.25) is 0 Å². The van der Waals surface area contributed by atoms with E-state index >= 15 is 0 Å². The van der Waals surface area contributed by atoms with Crippen LogP contribution in [0.3, 0.4) is 0 Å². The minimum absolute atomic E-state index is 0.168. The third kappa shape index (κ3) is 5.90. The number of unbranched alkanes of at least 4 members (excludes halogenated alkanes) is 1. The van der Waals surface area contributed by atoms with Crippen LogP contribution in [0.1, 0.15) is 37.0 Å². The molecule has 0 heterocycles. The minimum atomic E-state index is -0.300. The van der Waals surface area contributed by atoms with Gasteiger partial charge in [0, 0.05) is 28.8 Å². The second kappa shape index (κ2) is 9.22. The van der Waals surface area contributed by atoms with E-state index in [4.69, 9.17) is 0 Å². The lowest BCUT2D eigenvalue weighted by Crippen LogP contribution is -2.24. The number of hydrogen-bond acceptors (Lipinski definition) is 3. The van der Waals surface area contributed by atoms with Crippen molar-refractivity contribution in [3.63, 3.8) is 0 Å². The number of carbonyl (C=O) groups excluding carboxylic acids is 2. The fraction of sp³-hybridized carbons (Fsp3) is 0.263. The molecule has 0 spiro atoms. The Morgan fingerprint density at radius 2 is 1.84 bits per heavy atom. The highest BCUT2D eigenvalue weighted by molar-refractivity contribution is 7.99. The quantitative estimate of drug-likeness (QED) is 0.717. The number of carbonyl (C=O) groups is 2. The van der Waals surface area contributed by atoms with Crippen LogP contribution in [0.5, 0.6) is 0 Å². The van der Waals surface area contributed by atoms with Crippen LogP contribution in [0.4, 0.5) is 10.1 Å². The Morgan fingerprint density at radius 3 is 2.48 bits per heavy atom. The average Bonchev–Trinajstić information content (AvgIpc) is 2.58. The summed E-state index contributed by atoms with van der Waals surface area (Å²) in [5.41, 5.74) is 1.05. The van der Waals surface area contributed by atoms with Gasteiger partial charge in [-0.2, -0.15) is 0 Å². The van der Waals surface area contributed by atoms with Gasteiger partial charge in [0.05, 0.1) is 5.69 Å². The van der Waals surface area contributed by atoms with E-state index in [1.165, 1.54) is 30.8 Å². The van der Waals surface area contributed by atoms with Crippen molar-refractivity contribution in [3.05, 3.63) is 53.8 Å². The molecule has 2 aromatic carbocycles. The molecular weight excluding hydrogens is 339 g/mol. The van der Waals surface area contributed by atoms with Gasteiger partial charge in [-0.15, -0.1) is 0 Å². The fourth-order valence-electron chi connectivity index (χ4n) is 2.16. The maximum Gasteiger partial charge on any atom is 0.251 e. The smallest absolute Gasteiger partial charge is 0.251 e. The molecule has 0 radical (unpaired) electrons. The lowest BCUT2D eigenvalue weighted by molar-refractivity contribution is -0.114. The van der Waals surface area contributed by atoms with E-state index in [0.29, 0.717) is 17.8 Å². The van der Waals surface area contributed by atoms with Gasteiger partial charge in [0.25, 0.3) is 5.91 Å². The Labute approximate surface area is 151 Å². The van der Waals surface area contributed by atoms with Crippen molar-refractivity contribution in [3.8, 4) is 0 Å². The number of hydrogen-bond donors (Lipinski definition) is 2. The van der Waals surface area contributed by atoms with Crippen LogP contribution in [0, 0.1) is 5.82 Å². The molecule has 2 rings (SSSR count). The normalized spacial score (nSPS) is 10.4. The van der Waals surface area contributed by atoms with Gasteiger partial charge in [-0.3, -0.25) is 9.59 Å². The molecule has 2 N–H and O–H groups in total. The predicted octanol–water partition coefficient (Wildman–Crippen LogP) is 4.47. The van der Waals surface area contributed by atoms with E-state index in [2.05, 4.69) is 17.6 Å². The van der Waals surface area contributed by atoms with E-state index in [-0.39, 0.29) is 17.6 Å². The highest BCUT2D eigenvalue weighted by Gasteiger charge is 2.12. The highest BCUT2D eigenvalue weighted by atomic mass is 32.2. The molecule has 4 nitrogen and oxygen atoms in total. The van der Waals surface area contributed by atoms with E-state index in [1.807, 2.05) is 0 Å². The molecular formula is C19H21FN2O2S. The molecule has 0 bridgehead atoms. The Balaban J connectivity index is 2.22. The third-order valence-corrected chi connectivity index (χ3v) is 4.49. The number of rotatable bonds is 7. The first-order valence-corrected chi connectivity index (χ1v) is 8.94. The first-order chi connectivity index (χ1) is 12.0. The SMILES string of the molecule is CCCCNC(=O)c1ccc(Sc2ccc(F)cc2)c(NC(C)=O)c1. The van der Waals surface area contributed by atoms with E-state index in [9.17, 15) is 14.0 Å². The number of nitrogens with one attached hydrogen (secondary N) is 2. The van der Waals surface area contributed by atoms with E-state index < -0.39 is 0 Å². The molecule has 0 saturated carbocycles. The number of halogens is 1. The Bertz CT molecular complexity index is 748. The minimum Gasteiger partial charge on any atom is -0.352 e. The van der Waals surface area contributed by atoms with Gasteiger partial charge in [0.2, 0.25) is 5.91 Å². The molecule has 2 amide bonds. The topological polar surface area (TPSA) is 58.2 Å². The molecule has 0 aromatic heterocycles. The van der Waals surface area contributed by atoms with Crippen LogP contribution in [0.15, 0.2) is 52.3 Å². The second-order valence-corrected chi connectivity index (χ2v) is 6.67. The fourth-order valence-corrected chi connectivity index (χ4v) is 3.04. The van der Waals surface area contributed by atoms with E-state index in [1.54, 1.807) is 30.3 Å². The zero-order valence-electron chi connectivity index (χ0n) is 14.3. The van der Waals surface area contributed by atoms with Crippen molar-refractivity contribution in [2.24, 2.45) is 0 Å².